The average molecular weight is 170 g/mol. The summed E-state index contributed by atoms with van der Waals surface area (Å²) in [4.78, 5) is 2.33. The van der Waals surface area contributed by atoms with Gasteiger partial charge in [0.15, 0.2) is 0 Å². The second-order valence-corrected chi connectivity index (χ2v) is 4.20. The molecule has 2 unspecified atom stereocenters. The highest BCUT2D eigenvalue weighted by atomic mass is 16.3. The molecule has 3 aliphatic rings. The van der Waals surface area contributed by atoms with Crippen LogP contribution in [-0.4, -0.2) is 48.3 Å². The van der Waals surface area contributed by atoms with Crippen LogP contribution < -0.4 is 5.32 Å². The fraction of sp³-hybridized carbons (Fsp3) is 1.00. The van der Waals surface area contributed by atoms with Gasteiger partial charge in [-0.05, 0) is 32.9 Å². The number of rotatable bonds is 1. The van der Waals surface area contributed by atoms with Gasteiger partial charge < -0.3 is 10.4 Å². The van der Waals surface area contributed by atoms with Crippen molar-refractivity contribution in [3.8, 4) is 0 Å². The monoisotopic (exact) mass is 170 g/mol. The number of nitrogens with zero attached hydrogens (tertiary/aromatic N) is 1. The SMILES string of the molecule is CN1CC2CCC1(CO)CCN2. The Morgan fingerprint density at radius 1 is 1.58 bits per heavy atom. The van der Waals surface area contributed by atoms with Crippen LogP contribution in [0.25, 0.3) is 0 Å². The second-order valence-electron chi connectivity index (χ2n) is 4.20. The first-order valence-electron chi connectivity index (χ1n) is 4.82. The molecule has 70 valence electrons. The van der Waals surface area contributed by atoms with Crippen molar-refractivity contribution in [1.29, 1.82) is 0 Å². The van der Waals surface area contributed by atoms with Crippen molar-refractivity contribution in [2.45, 2.75) is 30.8 Å². The van der Waals surface area contributed by atoms with Crippen LogP contribution in [0.4, 0.5) is 0 Å². The first-order valence-corrected chi connectivity index (χ1v) is 4.82. The molecular formula is C9H18N2O. The van der Waals surface area contributed by atoms with E-state index in [0.717, 1.165) is 25.9 Å². The Labute approximate surface area is 73.8 Å². The highest BCUT2D eigenvalue weighted by Gasteiger charge is 2.41. The molecule has 0 aromatic heterocycles. The number of piperidine rings is 1. The molecule has 0 aromatic rings. The average Bonchev–Trinajstić information content (AvgIpc) is 2.36. The van der Waals surface area contributed by atoms with E-state index in [-0.39, 0.29) is 5.54 Å². The highest BCUT2D eigenvalue weighted by molar-refractivity contribution is 4.99. The number of aliphatic hydroxyl groups is 1. The summed E-state index contributed by atoms with van der Waals surface area (Å²) in [6.45, 7) is 2.48. The molecule has 12 heavy (non-hydrogen) atoms. The quantitative estimate of drug-likeness (QED) is 0.572. The Balaban J connectivity index is 2.19. The largest absolute Gasteiger partial charge is 0.394 e. The molecule has 3 fully saturated rings. The first-order chi connectivity index (χ1) is 5.77. The predicted octanol–water partition coefficient (Wildman–Crippen LogP) is -0.195. The lowest BCUT2D eigenvalue weighted by Crippen LogP contribution is -2.54. The summed E-state index contributed by atoms with van der Waals surface area (Å²) in [6.07, 6.45) is 3.47. The van der Waals surface area contributed by atoms with Crippen molar-refractivity contribution >= 4 is 0 Å². The van der Waals surface area contributed by atoms with E-state index in [4.69, 9.17) is 0 Å². The zero-order valence-corrected chi connectivity index (χ0v) is 7.71. The van der Waals surface area contributed by atoms with E-state index in [9.17, 15) is 5.11 Å². The number of hydrogen-bond donors (Lipinski definition) is 2. The van der Waals surface area contributed by atoms with Crippen LogP contribution >= 0.6 is 0 Å². The standard InChI is InChI=1S/C9H18N2O/c1-11-6-8-2-3-9(11,7-12)4-5-10-8/h8,10,12H,2-7H2,1H3. The van der Waals surface area contributed by atoms with Crippen LogP contribution in [0, 0.1) is 0 Å². The van der Waals surface area contributed by atoms with E-state index >= 15 is 0 Å². The lowest BCUT2D eigenvalue weighted by molar-refractivity contribution is 0.0189. The van der Waals surface area contributed by atoms with Crippen LogP contribution in [-0.2, 0) is 0 Å². The van der Waals surface area contributed by atoms with Gasteiger partial charge in [0.05, 0.1) is 6.61 Å². The molecule has 0 spiro atoms. The number of aliphatic hydroxyl groups excluding tert-OH is 1. The maximum Gasteiger partial charge on any atom is 0.0615 e. The van der Waals surface area contributed by atoms with Gasteiger partial charge in [-0.2, -0.15) is 0 Å². The summed E-state index contributed by atoms with van der Waals surface area (Å²) in [5, 5.41) is 12.9. The molecule has 3 saturated heterocycles. The van der Waals surface area contributed by atoms with Crippen molar-refractivity contribution in [2.24, 2.45) is 0 Å². The van der Waals surface area contributed by atoms with Crippen LogP contribution in [0.1, 0.15) is 19.3 Å². The number of hydrogen-bond acceptors (Lipinski definition) is 3. The summed E-state index contributed by atoms with van der Waals surface area (Å²) < 4.78 is 0. The molecule has 2 bridgehead atoms. The minimum Gasteiger partial charge on any atom is -0.394 e. The molecule has 2 atom stereocenters. The van der Waals surface area contributed by atoms with Gasteiger partial charge in [-0.25, -0.2) is 0 Å². The molecule has 0 saturated carbocycles. The molecule has 2 N–H and O–H groups in total. The van der Waals surface area contributed by atoms with Crippen LogP contribution in [0.3, 0.4) is 0 Å². The number of likely N-dealkylation sites (N-methyl/N-ethyl adjacent to an activating group) is 1. The van der Waals surface area contributed by atoms with Gasteiger partial charge in [-0.15, -0.1) is 0 Å². The summed E-state index contributed by atoms with van der Waals surface area (Å²) in [5.41, 5.74) is 0.0972. The molecule has 3 rings (SSSR count). The van der Waals surface area contributed by atoms with Gasteiger partial charge in [0, 0.05) is 18.1 Å². The van der Waals surface area contributed by atoms with Crippen molar-refractivity contribution in [3.05, 3.63) is 0 Å². The van der Waals surface area contributed by atoms with Crippen molar-refractivity contribution < 1.29 is 5.11 Å². The van der Waals surface area contributed by atoms with E-state index in [2.05, 4.69) is 17.3 Å². The number of nitrogens with one attached hydrogen (secondary N) is 1. The third-order valence-electron chi connectivity index (χ3n) is 3.58. The van der Waals surface area contributed by atoms with Gasteiger partial charge in [0.1, 0.15) is 0 Å². The molecule has 0 aromatic carbocycles. The minimum absolute atomic E-state index is 0.0972. The van der Waals surface area contributed by atoms with E-state index in [1.807, 2.05) is 0 Å². The Bertz CT molecular complexity index is 170. The van der Waals surface area contributed by atoms with E-state index in [1.165, 1.54) is 6.42 Å². The summed E-state index contributed by atoms with van der Waals surface area (Å²) in [6, 6.07) is 0.664. The molecule has 0 aliphatic carbocycles. The topological polar surface area (TPSA) is 35.5 Å². The lowest BCUT2D eigenvalue weighted by atomic mass is 9.85. The predicted molar refractivity (Wildman–Crippen MR) is 48.1 cm³/mol. The first kappa shape index (κ1) is 8.48. The fourth-order valence-electron chi connectivity index (χ4n) is 2.52. The molecular weight excluding hydrogens is 152 g/mol. The van der Waals surface area contributed by atoms with Crippen molar-refractivity contribution in [1.82, 2.24) is 10.2 Å². The minimum atomic E-state index is 0.0972. The molecule has 3 heterocycles. The van der Waals surface area contributed by atoms with Crippen LogP contribution in [0.5, 0.6) is 0 Å². The summed E-state index contributed by atoms with van der Waals surface area (Å²) in [7, 11) is 2.13. The molecule has 3 heteroatoms. The molecule has 3 aliphatic heterocycles. The Hall–Kier alpha value is -0.120. The smallest absolute Gasteiger partial charge is 0.0615 e. The Morgan fingerprint density at radius 3 is 3.08 bits per heavy atom. The van der Waals surface area contributed by atoms with Crippen molar-refractivity contribution in [2.75, 3.05) is 26.7 Å². The molecule has 0 radical (unpaired) electrons. The maximum absolute atomic E-state index is 9.39. The van der Waals surface area contributed by atoms with Gasteiger partial charge in [-0.1, -0.05) is 0 Å². The van der Waals surface area contributed by atoms with Gasteiger partial charge >= 0.3 is 0 Å². The lowest BCUT2D eigenvalue weighted by Gasteiger charge is -2.43. The normalized spacial score (nSPS) is 43.0. The summed E-state index contributed by atoms with van der Waals surface area (Å²) in [5.74, 6) is 0. The zero-order chi connectivity index (χ0) is 8.60. The third kappa shape index (κ3) is 1.16. The molecule has 3 nitrogen and oxygen atoms in total. The Kier molecular flexibility index (Phi) is 2.10. The third-order valence-corrected chi connectivity index (χ3v) is 3.58. The van der Waals surface area contributed by atoms with E-state index in [0.29, 0.717) is 12.6 Å². The van der Waals surface area contributed by atoms with Crippen LogP contribution in [0.15, 0.2) is 0 Å². The number of fused-ring (bicyclic) bond motifs is 4. The van der Waals surface area contributed by atoms with Gasteiger partial charge in [-0.3, -0.25) is 4.90 Å². The highest BCUT2D eigenvalue weighted by Crippen LogP contribution is 2.31. The van der Waals surface area contributed by atoms with Crippen molar-refractivity contribution in [3.63, 3.8) is 0 Å². The van der Waals surface area contributed by atoms with E-state index < -0.39 is 0 Å². The van der Waals surface area contributed by atoms with E-state index in [1.54, 1.807) is 0 Å². The van der Waals surface area contributed by atoms with Crippen LogP contribution in [0.2, 0.25) is 0 Å². The Morgan fingerprint density at radius 2 is 2.42 bits per heavy atom. The van der Waals surface area contributed by atoms with Gasteiger partial charge in [0.25, 0.3) is 0 Å². The maximum atomic E-state index is 9.39. The van der Waals surface area contributed by atoms with Gasteiger partial charge in [0.2, 0.25) is 0 Å². The summed E-state index contributed by atoms with van der Waals surface area (Å²) >= 11 is 0. The second kappa shape index (κ2) is 2.98. The zero-order valence-electron chi connectivity index (χ0n) is 7.71. The molecule has 0 amide bonds. The fourth-order valence-corrected chi connectivity index (χ4v) is 2.52.